The highest BCUT2D eigenvalue weighted by atomic mass is 15.3. The van der Waals surface area contributed by atoms with E-state index >= 15 is 0 Å². The molecule has 0 aromatic carbocycles. The molecule has 80 valence electrons. The number of pyridine rings is 1. The van der Waals surface area contributed by atoms with Crippen molar-refractivity contribution in [1.29, 1.82) is 0 Å². The zero-order valence-electron chi connectivity index (χ0n) is 8.84. The van der Waals surface area contributed by atoms with Gasteiger partial charge in [-0.1, -0.05) is 6.07 Å². The van der Waals surface area contributed by atoms with Crippen LogP contribution in [0.5, 0.6) is 0 Å². The molecule has 3 heterocycles. The molecular weight excluding hydrogens is 186 g/mol. The van der Waals surface area contributed by atoms with E-state index in [4.69, 9.17) is 5.73 Å². The third-order valence-corrected chi connectivity index (χ3v) is 3.68. The maximum atomic E-state index is 6.05. The molecule has 3 rings (SSSR count). The first-order chi connectivity index (χ1) is 7.34. The molecule has 0 aliphatic carbocycles. The summed E-state index contributed by atoms with van der Waals surface area (Å²) in [5, 5.41) is 0. The Morgan fingerprint density at radius 2 is 1.93 bits per heavy atom. The summed E-state index contributed by atoms with van der Waals surface area (Å²) in [5.41, 5.74) is 6.05. The van der Waals surface area contributed by atoms with Crippen molar-refractivity contribution in [3.05, 3.63) is 24.4 Å². The molecule has 2 fully saturated rings. The number of fused-ring (bicyclic) bond motifs is 2. The van der Waals surface area contributed by atoms with Crippen LogP contribution in [0.3, 0.4) is 0 Å². The van der Waals surface area contributed by atoms with Crippen LogP contribution in [0.4, 0.5) is 5.82 Å². The molecule has 1 aromatic rings. The van der Waals surface area contributed by atoms with Crippen LogP contribution >= 0.6 is 0 Å². The fraction of sp³-hybridized carbons (Fsp3) is 0.583. The minimum absolute atomic E-state index is 0.405. The smallest absolute Gasteiger partial charge is 0.128 e. The predicted molar refractivity (Wildman–Crippen MR) is 60.7 cm³/mol. The predicted octanol–water partition coefficient (Wildman–Crippen LogP) is 1.54. The largest absolute Gasteiger partial charge is 0.351 e. The summed E-state index contributed by atoms with van der Waals surface area (Å²) >= 11 is 0. The lowest BCUT2D eigenvalue weighted by Gasteiger charge is -2.38. The molecule has 0 saturated carbocycles. The normalized spacial score (nSPS) is 34.5. The monoisotopic (exact) mass is 203 g/mol. The maximum Gasteiger partial charge on any atom is 0.128 e. The average molecular weight is 203 g/mol. The molecule has 3 atom stereocenters. The van der Waals surface area contributed by atoms with E-state index in [1.54, 1.807) is 0 Å². The third kappa shape index (κ3) is 1.51. The van der Waals surface area contributed by atoms with E-state index in [1.165, 1.54) is 12.8 Å². The zero-order chi connectivity index (χ0) is 10.3. The number of rotatable bonds is 1. The molecule has 2 aliphatic heterocycles. The highest BCUT2D eigenvalue weighted by molar-refractivity contribution is 5.43. The van der Waals surface area contributed by atoms with Crippen molar-refractivity contribution in [2.45, 2.75) is 43.8 Å². The van der Waals surface area contributed by atoms with Crippen molar-refractivity contribution < 1.29 is 0 Å². The number of piperidine rings is 1. The van der Waals surface area contributed by atoms with Gasteiger partial charge in [-0.25, -0.2) is 4.98 Å². The number of anilines is 1. The highest BCUT2D eigenvalue weighted by Gasteiger charge is 2.39. The molecule has 3 heteroatoms. The summed E-state index contributed by atoms with van der Waals surface area (Å²) in [4.78, 5) is 6.94. The van der Waals surface area contributed by atoms with Gasteiger partial charge >= 0.3 is 0 Å². The van der Waals surface area contributed by atoms with Crippen molar-refractivity contribution in [3.8, 4) is 0 Å². The maximum absolute atomic E-state index is 6.05. The summed E-state index contributed by atoms with van der Waals surface area (Å²) in [6.07, 6.45) is 6.72. The zero-order valence-corrected chi connectivity index (χ0v) is 8.84. The Balaban J connectivity index is 1.89. The van der Waals surface area contributed by atoms with E-state index < -0.39 is 0 Å². The molecule has 3 nitrogen and oxygen atoms in total. The molecule has 2 aliphatic rings. The second kappa shape index (κ2) is 3.49. The van der Waals surface area contributed by atoms with E-state index in [-0.39, 0.29) is 0 Å². The van der Waals surface area contributed by atoms with Gasteiger partial charge in [-0.05, 0) is 37.8 Å². The van der Waals surface area contributed by atoms with Crippen LogP contribution in [-0.2, 0) is 0 Å². The molecule has 2 bridgehead atoms. The Labute approximate surface area is 90.3 Å². The van der Waals surface area contributed by atoms with E-state index in [1.807, 2.05) is 12.3 Å². The fourth-order valence-electron chi connectivity index (χ4n) is 3.10. The first kappa shape index (κ1) is 9.16. The SMILES string of the molecule is NC1C[C@H]2CC[C@@H](C1)N2c1ccccn1. The lowest BCUT2D eigenvalue weighted by atomic mass is 9.98. The van der Waals surface area contributed by atoms with Crippen LogP contribution in [0.1, 0.15) is 25.7 Å². The minimum atomic E-state index is 0.405. The summed E-state index contributed by atoms with van der Waals surface area (Å²) in [6.45, 7) is 0. The topological polar surface area (TPSA) is 42.1 Å². The van der Waals surface area contributed by atoms with E-state index in [2.05, 4.69) is 22.0 Å². The number of nitrogens with two attached hydrogens (primary N) is 1. The van der Waals surface area contributed by atoms with E-state index in [9.17, 15) is 0 Å². The van der Waals surface area contributed by atoms with Crippen LogP contribution in [0.2, 0.25) is 0 Å². The van der Waals surface area contributed by atoms with E-state index in [0.29, 0.717) is 18.1 Å². The summed E-state index contributed by atoms with van der Waals surface area (Å²) in [6, 6.07) is 7.82. The Hall–Kier alpha value is -1.09. The van der Waals surface area contributed by atoms with Gasteiger partial charge in [0.1, 0.15) is 5.82 Å². The van der Waals surface area contributed by atoms with Gasteiger partial charge in [0, 0.05) is 24.3 Å². The van der Waals surface area contributed by atoms with Crippen LogP contribution in [-0.4, -0.2) is 23.1 Å². The van der Waals surface area contributed by atoms with Crippen molar-refractivity contribution >= 4 is 5.82 Å². The molecule has 0 amide bonds. The number of nitrogens with zero attached hydrogens (tertiary/aromatic N) is 2. The van der Waals surface area contributed by atoms with Gasteiger partial charge in [0.15, 0.2) is 0 Å². The highest BCUT2D eigenvalue weighted by Crippen LogP contribution is 2.37. The number of hydrogen-bond donors (Lipinski definition) is 1. The summed E-state index contributed by atoms with van der Waals surface area (Å²) in [5.74, 6) is 1.14. The standard InChI is InChI=1S/C12H17N3/c13-9-7-10-4-5-11(8-9)15(10)12-3-1-2-6-14-12/h1-3,6,9-11H,4-5,7-8,13H2/t9?,10-,11+. The van der Waals surface area contributed by atoms with Crippen LogP contribution in [0.15, 0.2) is 24.4 Å². The van der Waals surface area contributed by atoms with Gasteiger partial charge in [-0.2, -0.15) is 0 Å². The van der Waals surface area contributed by atoms with E-state index in [0.717, 1.165) is 18.7 Å². The van der Waals surface area contributed by atoms with Gasteiger partial charge in [0.05, 0.1) is 0 Å². The Morgan fingerprint density at radius 1 is 1.20 bits per heavy atom. The van der Waals surface area contributed by atoms with Gasteiger partial charge in [0.2, 0.25) is 0 Å². The number of hydrogen-bond acceptors (Lipinski definition) is 3. The van der Waals surface area contributed by atoms with Gasteiger partial charge in [-0.3, -0.25) is 0 Å². The lowest BCUT2D eigenvalue weighted by molar-refractivity contribution is 0.412. The van der Waals surface area contributed by atoms with Crippen molar-refractivity contribution in [2.24, 2.45) is 5.73 Å². The summed E-state index contributed by atoms with van der Waals surface area (Å²) < 4.78 is 0. The lowest BCUT2D eigenvalue weighted by Crippen LogP contribution is -2.47. The molecule has 2 N–H and O–H groups in total. The van der Waals surface area contributed by atoms with Crippen LogP contribution < -0.4 is 10.6 Å². The second-order valence-corrected chi connectivity index (χ2v) is 4.71. The quantitative estimate of drug-likeness (QED) is 0.752. The minimum Gasteiger partial charge on any atom is -0.351 e. The second-order valence-electron chi connectivity index (χ2n) is 4.71. The summed E-state index contributed by atoms with van der Waals surface area (Å²) in [7, 11) is 0. The van der Waals surface area contributed by atoms with Crippen molar-refractivity contribution in [1.82, 2.24) is 4.98 Å². The average Bonchev–Trinajstić information content (AvgIpc) is 2.53. The molecule has 0 radical (unpaired) electrons. The van der Waals surface area contributed by atoms with Crippen LogP contribution in [0, 0.1) is 0 Å². The Bertz CT molecular complexity index is 324. The van der Waals surface area contributed by atoms with Gasteiger partial charge in [-0.15, -0.1) is 0 Å². The molecule has 2 saturated heterocycles. The number of aromatic nitrogens is 1. The third-order valence-electron chi connectivity index (χ3n) is 3.68. The first-order valence-electron chi connectivity index (χ1n) is 5.79. The molecule has 15 heavy (non-hydrogen) atoms. The van der Waals surface area contributed by atoms with Gasteiger partial charge < -0.3 is 10.6 Å². The van der Waals surface area contributed by atoms with Crippen molar-refractivity contribution in [2.75, 3.05) is 4.90 Å². The first-order valence-corrected chi connectivity index (χ1v) is 5.79. The molecule has 0 spiro atoms. The van der Waals surface area contributed by atoms with Gasteiger partial charge in [0.25, 0.3) is 0 Å². The Morgan fingerprint density at radius 3 is 2.53 bits per heavy atom. The fourth-order valence-corrected chi connectivity index (χ4v) is 3.10. The molecular formula is C12H17N3. The molecule has 1 unspecified atom stereocenters. The van der Waals surface area contributed by atoms with Crippen molar-refractivity contribution in [3.63, 3.8) is 0 Å². The van der Waals surface area contributed by atoms with Crippen LogP contribution in [0.25, 0.3) is 0 Å². The Kier molecular flexibility index (Phi) is 2.13. The molecule has 1 aromatic heterocycles.